The zero-order valence-electron chi connectivity index (χ0n) is 14.2. The first kappa shape index (κ1) is 16.8. The summed E-state index contributed by atoms with van der Waals surface area (Å²) in [6.07, 6.45) is 3.40. The second-order valence-corrected chi connectivity index (χ2v) is 6.03. The normalized spacial score (nSPS) is 11.8. The van der Waals surface area contributed by atoms with Gasteiger partial charge in [0.2, 0.25) is 0 Å². The van der Waals surface area contributed by atoms with Crippen LogP contribution in [0, 0.1) is 19.7 Å². The van der Waals surface area contributed by atoms with Gasteiger partial charge < -0.3 is 5.32 Å². The molecule has 126 valence electrons. The van der Waals surface area contributed by atoms with Crippen molar-refractivity contribution in [3.05, 3.63) is 101 Å². The fourth-order valence-electron chi connectivity index (χ4n) is 2.81. The molecule has 1 heterocycles. The van der Waals surface area contributed by atoms with E-state index < -0.39 is 17.8 Å². The third kappa shape index (κ3) is 3.74. The Morgan fingerprint density at radius 2 is 1.88 bits per heavy atom. The van der Waals surface area contributed by atoms with E-state index in [1.807, 2.05) is 44.2 Å². The maximum Gasteiger partial charge on any atom is 0.255 e. The van der Waals surface area contributed by atoms with E-state index >= 15 is 0 Å². The highest BCUT2D eigenvalue weighted by Crippen LogP contribution is 2.26. The number of aromatic nitrogens is 1. The molecule has 1 unspecified atom stereocenters. The molecule has 1 atom stereocenters. The Bertz CT molecular complexity index is 893. The lowest BCUT2D eigenvalue weighted by atomic mass is 9.94. The summed E-state index contributed by atoms with van der Waals surface area (Å²) in [5.41, 5.74) is 3.99. The molecule has 0 bridgehead atoms. The van der Waals surface area contributed by atoms with E-state index in [0.717, 1.165) is 22.3 Å². The average Bonchev–Trinajstić information content (AvgIpc) is 2.63. The van der Waals surface area contributed by atoms with E-state index in [1.165, 1.54) is 12.1 Å². The first-order chi connectivity index (χ1) is 12.1. The molecule has 3 aromatic rings. The molecule has 0 saturated heterocycles. The predicted molar refractivity (Wildman–Crippen MR) is 95.9 cm³/mol. The molecule has 1 aromatic heterocycles. The number of hydrogen-bond donors (Lipinski definition) is 1. The van der Waals surface area contributed by atoms with Crippen LogP contribution in [-0.2, 0) is 0 Å². The molecule has 0 aliphatic carbocycles. The zero-order chi connectivity index (χ0) is 17.8. The number of pyridine rings is 1. The van der Waals surface area contributed by atoms with Crippen LogP contribution in [0.15, 0.2) is 67.0 Å². The summed E-state index contributed by atoms with van der Waals surface area (Å²) < 4.78 is 14.0. The van der Waals surface area contributed by atoms with E-state index in [4.69, 9.17) is 0 Å². The zero-order valence-corrected chi connectivity index (χ0v) is 14.2. The molecule has 0 radical (unpaired) electrons. The number of nitrogens with one attached hydrogen (secondary N) is 1. The summed E-state index contributed by atoms with van der Waals surface area (Å²) >= 11 is 0. The molecule has 3 rings (SSSR count). The predicted octanol–water partition coefficient (Wildman–Crippen LogP) is 4.36. The smallest absolute Gasteiger partial charge is 0.255 e. The van der Waals surface area contributed by atoms with Crippen molar-refractivity contribution < 1.29 is 9.18 Å². The van der Waals surface area contributed by atoms with Gasteiger partial charge in [0.15, 0.2) is 0 Å². The van der Waals surface area contributed by atoms with Crippen LogP contribution in [0.1, 0.15) is 38.7 Å². The van der Waals surface area contributed by atoms with Crippen molar-refractivity contribution >= 4 is 5.91 Å². The van der Waals surface area contributed by atoms with Crippen LogP contribution in [0.2, 0.25) is 0 Å². The van der Waals surface area contributed by atoms with Gasteiger partial charge in [-0.25, -0.2) is 4.39 Å². The SMILES string of the molecule is Cc1ccc(C)c(C(NC(=O)c2ccccc2F)c2cccnc2)c1. The van der Waals surface area contributed by atoms with Gasteiger partial charge in [0.05, 0.1) is 11.6 Å². The molecule has 2 aromatic carbocycles. The number of aryl methyl sites for hydroxylation is 2. The average molecular weight is 334 g/mol. The molecule has 0 saturated carbocycles. The Morgan fingerprint density at radius 3 is 2.60 bits per heavy atom. The standard InChI is InChI=1S/C21H19FN2O/c1-14-9-10-15(2)18(12-14)20(16-6-5-11-23-13-16)24-21(25)17-7-3-4-8-19(17)22/h3-13,20H,1-2H3,(H,24,25). The minimum absolute atomic E-state index is 0.0293. The van der Waals surface area contributed by atoms with Gasteiger partial charge in [0.1, 0.15) is 5.82 Å². The first-order valence-corrected chi connectivity index (χ1v) is 8.08. The number of halogens is 1. The molecule has 0 spiro atoms. The molecular weight excluding hydrogens is 315 g/mol. The van der Waals surface area contributed by atoms with Crippen LogP contribution in [-0.4, -0.2) is 10.9 Å². The molecular formula is C21H19FN2O. The summed E-state index contributed by atoms with van der Waals surface area (Å²) in [5, 5.41) is 2.96. The van der Waals surface area contributed by atoms with Crippen molar-refractivity contribution in [1.82, 2.24) is 10.3 Å². The van der Waals surface area contributed by atoms with Crippen molar-refractivity contribution in [3.8, 4) is 0 Å². The Kier molecular flexibility index (Phi) is 4.89. The molecule has 1 amide bonds. The Morgan fingerprint density at radius 1 is 1.08 bits per heavy atom. The van der Waals surface area contributed by atoms with Gasteiger partial charge in [-0.1, -0.05) is 42.0 Å². The van der Waals surface area contributed by atoms with Crippen molar-refractivity contribution in [2.45, 2.75) is 19.9 Å². The van der Waals surface area contributed by atoms with E-state index in [2.05, 4.69) is 10.3 Å². The summed E-state index contributed by atoms with van der Waals surface area (Å²) in [6, 6.07) is 15.4. The Labute approximate surface area is 146 Å². The lowest BCUT2D eigenvalue weighted by molar-refractivity contribution is 0.0939. The third-order valence-corrected chi connectivity index (χ3v) is 4.16. The number of carbonyl (C=O) groups is 1. The maximum absolute atomic E-state index is 14.0. The van der Waals surface area contributed by atoms with Gasteiger partial charge in [-0.05, 0) is 48.7 Å². The number of nitrogens with zero attached hydrogens (tertiary/aromatic N) is 1. The van der Waals surface area contributed by atoms with Crippen LogP contribution >= 0.6 is 0 Å². The largest absolute Gasteiger partial charge is 0.341 e. The van der Waals surface area contributed by atoms with E-state index in [-0.39, 0.29) is 5.56 Å². The fraction of sp³-hybridized carbons (Fsp3) is 0.143. The number of hydrogen-bond acceptors (Lipinski definition) is 2. The molecule has 25 heavy (non-hydrogen) atoms. The van der Waals surface area contributed by atoms with E-state index in [1.54, 1.807) is 24.5 Å². The Hall–Kier alpha value is -3.01. The highest BCUT2D eigenvalue weighted by atomic mass is 19.1. The van der Waals surface area contributed by atoms with Crippen LogP contribution in [0.5, 0.6) is 0 Å². The number of benzene rings is 2. The van der Waals surface area contributed by atoms with E-state index in [9.17, 15) is 9.18 Å². The van der Waals surface area contributed by atoms with Crippen molar-refractivity contribution in [2.75, 3.05) is 0 Å². The second kappa shape index (κ2) is 7.26. The van der Waals surface area contributed by atoms with Gasteiger partial charge in [-0.3, -0.25) is 9.78 Å². The van der Waals surface area contributed by atoms with E-state index in [0.29, 0.717) is 0 Å². The first-order valence-electron chi connectivity index (χ1n) is 8.08. The van der Waals surface area contributed by atoms with Crippen LogP contribution in [0.3, 0.4) is 0 Å². The van der Waals surface area contributed by atoms with Crippen molar-refractivity contribution in [1.29, 1.82) is 0 Å². The highest BCUT2D eigenvalue weighted by Gasteiger charge is 2.21. The van der Waals surface area contributed by atoms with Gasteiger partial charge in [-0.2, -0.15) is 0 Å². The topological polar surface area (TPSA) is 42.0 Å². The van der Waals surface area contributed by atoms with Gasteiger partial charge in [0.25, 0.3) is 5.91 Å². The molecule has 4 heteroatoms. The number of carbonyl (C=O) groups excluding carboxylic acids is 1. The van der Waals surface area contributed by atoms with Crippen molar-refractivity contribution in [2.24, 2.45) is 0 Å². The summed E-state index contributed by atoms with van der Waals surface area (Å²) in [7, 11) is 0. The highest BCUT2D eigenvalue weighted by molar-refractivity contribution is 5.95. The fourth-order valence-corrected chi connectivity index (χ4v) is 2.81. The monoisotopic (exact) mass is 334 g/mol. The van der Waals surface area contributed by atoms with Crippen LogP contribution in [0.25, 0.3) is 0 Å². The summed E-state index contributed by atoms with van der Waals surface area (Å²) in [4.78, 5) is 16.8. The summed E-state index contributed by atoms with van der Waals surface area (Å²) in [5.74, 6) is -0.987. The summed E-state index contributed by atoms with van der Waals surface area (Å²) in [6.45, 7) is 4.00. The van der Waals surface area contributed by atoms with Crippen LogP contribution < -0.4 is 5.32 Å². The molecule has 3 nitrogen and oxygen atoms in total. The molecule has 0 aliphatic rings. The maximum atomic E-state index is 14.0. The minimum Gasteiger partial charge on any atom is -0.341 e. The lowest BCUT2D eigenvalue weighted by Gasteiger charge is -2.22. The Balaban J connectivity index is 2.02. The quantitative estimate of drug-likeness (QED) is 0.770. The molecule has 1 N–H and O–H groups in total. The second-order valence-electron chi connectivity index (χ2n) is 6.03. The minimum atomic E-state index is -0.536. The number of rotatable bonds is 4. The molecule has 0 fully saturated rings. The van der Waals surface area contributed by atoms with Crippen molar-refractivity contribution in [3.63, 3.8) is 0 Å². The third-order valence-electron chi connectivity index (χ3n) is 4.16. The molecule has 0 aliphatic heterocycles. The lowest BCUT2D eigenvalue weighted by Crippen LogP contribution is -2.30. The number of amides is 1. The van der Waals surface area contributed by atoms with Gasteiger partial charge in [0, 0.05) is 12.4 Å². The van der Waals surface area contributed by atoms with Crippen LogP contribution in [0.4, 0.5) is 4.39 Å². The van der Waals surface area contributed by atoms with Gasteiger partial charge in [-0.15, -0.1) is 0 Å². The van der Waals surface area contributed by atoms with Gasteiger partial charge >= 0.3 is 0 Å².